The standard InChI is InChI=1S/C6H11NO/c7-4-6-1-5(2-6)3-8-6/h5H,1-4,7H2. The molecule has 3 fully saturated rings. The minimum atomic E-state index is 0.157. The maximum Gasteiger partial charge on any atom is 0.0811 e. The Morgan fingerprint density at radius 1 is 1.62 bits per heavy atom. The number of rotatable bonds is 1. The zero-order valence-electron chi connectivity index (χ0n) is 4.89. The number of fused-ring (bicyclic) bond motifs is 1. The molecule has 2 aliphatic heterocycles. The largest absolute Gasteiger partial charge is 0.373 e. The van der Waals surface area contributed by atoms with E-state index in [0.29, 0.717) is 0 Å². The third kappa shape index (κ3) is 0.400. The smallest absolute Gasteiger partial charge is 0.0811 e. The van der Waals surface area contributed by atoms with Gasteiger partial charge in [0.1, 0.15) is 0 Å². The number of ether oxygens (including phenoxy) is 1. The van der Waals surface area contributed by atoms with Crippen LogP contribution in [0.2, 0.25) is 0 Å². The molecule has 0 radical (unpaired) electrons. The minimum absolute atomic E-state index is 0.157. The van der Waals surface area contributed by atoms with E-state index < -0.39 is 0 Å². The molecule has 1 saturated carbocycles. The normalized spacial score (nSPS) is 51.4. The Morgan fingerprint density at radius 2 is 2.38 bits per heavy atom. The van der Waals surface area contributed by atoms with E-state index in [1.807, 2.05) is 0 Å². The molecule has 2 heteroatoms. The van der Waals surface area contributed by atoms with Crippen LogP contribution in [0.3, 0.4) is 0 Å². The molecule has 0 aromatic rings. The molecule has 1 aliphatic carbocycles. The van der Waals surface area contributed by atoms with Crippen LogP contribution < -0.4 is 5.73 Å². The van der Waals surface area contributed by atoms with Gasteiger partial charge in [-0.25, -0.2) is 0 Å². The van der Waals surface area contributed by atoms with Crippen LogP contribution in [0.4, 0.5) is 0 Å². The minimum Gasteiger partial charge on any atom is -0.373 e. The van der Waals surface area contributed by atoms with Crippen molar-refractivity contribution >= 4 is 0 Å². The Kier molecular flexibility index (Phi) is 0.746. The lowest BCUT2D eigenvalue weighted by atomic mass is 9.75. The quantitative estimate of drug-likeness (QED) is 0.524. The summed E-state index contributed by atoms with van der Waals surface area (Å²) < 4.78 is 5.44. The first-order chi connectivity index (χ1) is 3.85. The predicted molar refractivity (Wildman–Crippen MR) is 30.5 cm³/mol. The van der Waals surface area contributed by atoms with Gasteiger partial charge >= 0.3 is 0 Å². The highest BCUT2D eigenvalue weighted by Crippen LogP contribution is 2.47. The Hall–Kier alpha value is -0.0800. The SMILES string of the molecule is NCC12CC(CO1)C2. The molecule has 3 rings (SSSR count). The molecule has 2 nitrogen and oxygen atoms in total. The topological polar surface area (TPSA) is 35.2 Å². The van der Waals surface area contributed by atoms with Gasteiger partial charge in [-0.05, 0) is 18.8 Å². The molecule has 0 aromatic carbocycles. The highest BCUT2D eigenvalue weighted by Gasteiger charge is 2.50. The van der Waals surface area contributed by atoms with Crippen LogP contribution in [0.5, 0.6) is 0 Å². The third-order valence-corrected chi connectivity index (χ3v) is 2.32. The monoisotopic (exact) mass is 113 g/mol. The maximum atomic E-state index is 5.48. The molecule has 0 spiro atoms. The second-order valence-corrected chi connectivity index (χ2v) is 2.97. The van der Waals surface area contributed by atoms with Gasteiger partial charge < -0.3 is 10.5 Å². The molecule has 0 atom stereocenters. The highest BCUT2D eigenvalue weighted by molar-refractivity contribution is 5.01. The fourth-order valence-electron chi connectivity index (χ4n) is 1.75. The zero-order valence-corrected chi connectivity index (χ0v) is 4.89. The first kappa shape index (κ1) is 4.77. The average molecular weight is 113 g/mol. The van der Waals surface area contributed by atoms with Gasteiger partial charge in [-0.3, -0.25) is 0 Å². The first-order valence-corrected chi connectivity index (χ1v) is 3.19. The summed E-state index contributed by atoms with van der Waals surface area (Å²) in [5, 5.41) is 0. The van der Waals surface area contributed by atoms with Gasteiger partial charge in [-0.1, -0.05) is 0 Å². The van der Waals surface area contributed by atoms with Crippen molar-refractivity contribution in [3.05, 3.63) is 0 Å². The van der Waals surface area contributed by atoms with E-state index in [1.54, 1.807) is 0 Å². The van der Waals surface area contributed by atoms with Gasteiger partial charge in [-0.2, -0.15) is 0 Å². The fourth-order valence-corrected chi connectivity index (χ4v) is 1.75. The van der Waals surface area contributed by atoms with Crippen LogP contribution in [-0.2, 0) is 4.74 Å². The molecule has 0 unspecified atom stereocenters. The van der Waals surface area contributed by atoms with Gasteiger partial charge in [-0.15, -0.1) is 0 Å². The second kappa shape index (κ2) is 1.25. The predicted octanol–water partition coefficient (Wildman–Crippen LogP) is 0.124. The number of hydrogen-bond acceptors (Lipinski definition) is 2. The van der Waals surface area contributed by atoms with Gasteiger partial charge in [0.2, 0.25) is 0 Å². The first-order valence-electron chi connectivity index (χ1n) is 3.19. The number of nitrogens with two attached hydrogens (primary N) is 1. The van der Waals surface area contributed by atoms with Crippen molar-refractivity contribution in [3.63, 3.8) is 0 Å². The highest BCUT2D eigenvalue weighted by atomic mass is 16.5. The van der Waals surface area contributed by atoms with Crippen molar-refractivity contribution in [2.45, 2.75) is 18.4 Å². The van der Waals surface area contributed by atoms with E-state index in [4.69, 9.17) is 10.5 Å². The summed E-state index contributed by atoms with van der Waals surface area (Å²) in [5.74, 6) is 0.860. The van der Waals surface area contributed by atoms with E-state index in [9.17, 15) is 0 Å². The zero-order chi connectivity index (χ0) is 5.61. The van der Waals surface area contributed by atoms with Crippen molar-refractivity contribution in [1.82, 2.24) is 0 Å². The lowest BCUT2D eigenvalue weighted by molar-refractivity contribution is 0.0106. The molecular weight excluding hydrogens is 102 g/mol. The fraction of sp³-hybridized carbons (Fsp3) is 1.00. The van der Waals surface area contributed by atoms with Crippen LogP contribution in [0, 0.1) is 5.92 Å². The summed E-state index contributed by atoms with van der Waals surface area (Å²) in [5.41, 5.74) is 5.64. The van der Waals surface area contributed by atoms with Crippen molar-refractivity contribution in [2.75, 3.05) is 13.2 Å². The van der Waals surface area contributed by atoms with Crippen molar-refractivity contribution < 1.29 is 4.74 Å². The van der Waals surface area contributed by atoms with Gasteiger partial charge in [0, 0.05) is 6.54 Å². The Balaban J connectivity index is 2.09. The molecule has 2 N–H and O–H groups in total. The Morgan fingerprint density at radius 3 is 2.62 bits per heavy atom. The lowest BCUT2D eigenvalue weighted by Crippen LogP contribution is -2.43. The Labute approximate surface area is 49.0 Å². The van der Waals surface area contributed by atoms with Gasteiger partial charge in [0.15, 0.2) is 0 Å². The molecule has 46 valence electrons. The van der Waals surface area contributed by atoms with Crippen molar-refractivity contribution in [2.24, 2.45) is 11.7 Å². The summed E-state index contributed by atoms with van der Waals surface area (Å²) in [4.78, 5) is 0. The van der Waals surface area contributed by atoms with E-state index in [2.05, 4.69) is 0 Å². The molecule has 0 aromatic heterocycles. The van der Waals surface area contributed by atoms with Crippen LogP contribution in [-0.4, -0.2) is 18.8 Å². The molecule has 2 bridgehead atoms. The summed E-state index contributed by atoms with van der Waals surface area (Å²) >= 11 is 0. The summed E-state index contributed by atoms with van der Waals surface area (Å²) in [7, 11) is 0. The van der Waals surface area contributed by atoms with Crippen LogP contribution in [0.15, 0.2) is 0 Å². The van der Waals surface area contributed by atoms with Crippen LogP contribution in [0.1, 0.15) is 12.8 Å². The van der Waals surface area contributed by atoms with Gasteiger partial charge in [0.05, 0.1) is 12.2 Å². The second-order valence-electron chi connectivity index (χ2n) is 2.97. The van der Waals surface area contributed by atoms with Gasteiger partial charge in [0.25, 0.3) is 0 Å². The van der Waals surface area contributed by atoms with E-state index in [1.165, 1.54) is 12.8 Å². The molecule has 2 heterocycles. The summed E-state index contributed by atoms with van der Waals surface area (Å²) in [6.45, 7) is 1.70. The lowest BCUT2D eigenvalue weighted by Gasteiger charge is -2.34. The van der Waals surface area contributed by atoms with Crippen molar-refractivity contribution in [1.29, 1.82) is 0 Å². The van der Waals surface area contributed by atoms with E-state index in [0.717, 1.165) is 19.1 Å². The summed E-state index contributed by atoms with van der Waals surface area (Å²) in [6, 6.07) is 0. The van der Waals surface area contributed by atoms with E-state index in [-0.39, 0.29) is 5.60 Å². The molecule has 3 aliphatic rings. The third-order valence-electron chi connectivity index (χ3n) is 2.32. The molecular formula is C6H11NO. The molecule has 8 heavy (non-hydrogen) atoms. The number of hydrogen-bond donors (Lipinski definition) is 1. The molecule has 0 amide bonds. The Bertz CT molecular complexity index is 102. The van der Waals surface area contributed by atoms with Crippen LogP contribution in [0.25, 0.3) is 0 Å². The van der Waals surface area contributed by atoms with E-state index >= 15 is 0 Å². The molecule has 2 saturated heterocycles. The van der Waals surface area contributed by atoms with Crippen molar-refractivity contribution in [3.8, 4) is 0 Å². The maximum absolute atomic E-state index is 5.48. The summed E-state index contributed by atoms with van der Waals surface area (Å²) in [6.07, 6.45) is 2.45. The average Bonchev–Trinajstić information content (AvgIpc) is 2.17. The van der Waals surface area contributed by atoms with Crippen LogP contribution >= 0.6 is 0 Å².